The summed E-state index contributed by atoms with van der Waals surface area (Å²) in [5.41, 5.74) is -3.00. The predicted molar refractivity (Wildman–Crippen MR) is 235 cm³/mol. The second-order valence-corrected chi connectivity index (χ2v) is 19.3. The molecule has 9 rings (SSSR count). The Bertz CT molecular complexity index is 2980. The summed E-state index contributed by atoms with van der Waals surface area (Å²) in [5, 5.41) is 17.1. The van der Waals surface area contributed by atoms with Crippen LogP contribution in [0.1, 0.15) is 10.4 Å². The first-order valence-electron chi connectivity index (χ1n) is 18.7. The van der Waals surface area contributed by atoms with E-state index in [9.17, 15) is 27.9 Å². The van der Waals surface area contributed by atoms with Crippen LogP contribution in [0.25, 0.3) is 32.5 Å². The Balaban J connectivity index is 0.000000208. The third kappa shape index (κ3) is 8.16. The average Bonchev–Trinajstić information content (AvgIpc) is 3.29. The Morgan fingerprint density at radius 3 is 1.31 bits per heavy atom. The van der Waals surface area contributed by atoms with Crippen molar-refractivity contribution >= 4 is 84.4 Å². The molecule has 0 aliphatic heterocycles. The number of halogens is 3. The Morgan fingerprint density at radius 1 is 0.492 bits per heavy atom. The maximum atomic E-state index is 15.5. The predicted octanol–water partition coefficient (Wildman–Crippen LogP) is 9.52. The van der Waals surface area contributed by atoms with Crippen LogP contribution >= 0.6 is 14.3 Å². The molecular weight excluding hydrogens is 955 g/mol. The molecular formula is C49H33EuF3O6P2. The molecule has 0 atom stereocenters. The van der Waals surface area contributed by atoms with Crippen molar-refractivity contribution in [3.63, 3.8) is 0 Å². The number of carbonyl (C=O) groups excluding carboxylic acids is 1. The first-order valence-corrected chi connectivity index (χ1v) is 22.1. The minimum absolute atomic E-state index is 0. The van der Waals surface area contributed by atoms with E-state index in [4.69, 9.17) is 4.42 Å². The van der Waals surface area contributed by atoms with E-state index in [0.29, 0.717) is 21.4 Å². The van der Waals surface area contributed by atoms with Crippen LogP contribution in [0.2, 0.25) is 0 Å². The first-order chi connectivity index (χ1) is 28.9. The van der Waals surface area contributed by atoms with E-state index in [-0.39, 0.29) is 60.3 Å². The van der Waals surface area contributed by atoms with Crippen molar-refractivity contribution in [3.05, 3.63) is 210 Å². The van der Waals surface area contributed by atoms with Gasteiger partial charge in [-0.2, -0.15) is 13.2 Å². The molecule has 6 nitrogen and oxygen atoms in total. The van der Waals surface area contributed by atoms with Crippen molar-refractivity contribution in [2.45, 2.75) is 6.18 Å². The largest absolute Gasteiger partial charge is 0.506 e. The topological polar surface area (TPSA) is 102 Å². The van der Waals surface area contributed by atoms with Gasteiger partial charge in [0.15, 0.2) is 19.8 Å². The Morgan fingerprint density at radius 2 is 0.885 bits per heavy atom. The molecule has 0 unspecified atom stereocenters. The normalized spacial score (nSPS) is 11.7. The number of aromatic hydroxyl groups is 1. The second-order valence-electron chi connectivity index (χ2n) is 13.8. The molecule has 61 heavy (non-hydrogen) atoms. The van der Waals surface area contributed by atoms with Crippen LogP contribution in [-0.4, -0.2) is 17.1 Å². The molecule has 8 aromatic carbocycles. The minimum atomic E-state index is -5.28. The number of benzene rings is 8. The average molecular weight is 989 g/mol. The first kappa shape index (κ1) is 43.9. The molecule has 1 heterocycles. The molecule has 0 spiro atoms. The van der Waals surface area contributed by atoms with Crippen molar-refractivity contribution in [3.8, 4) is 5.75 Å². The fourth-order valence-electron chi connectivity index (χ4n) is 7.49. The minimum Gasteiger partial charge on any atom is -0.506 e. The van der Waals surface area contributed by atoms with Crippen molar-refractivity contribution in [2.24, 2.45) is 0 Å². The number of fused-ring (bicyclic) bond motifs is 4. The third-order valence-electron chi connectivity index (χ3n) is 10.3. The fraction of sp³-hybridized carbons (Fsp3) is 0.0204. The molecule has 1 N–H and O–H groups in total. The van der Waals surface area contributed by atoms with Crippen molar-refractivity contribution in [1.82, 2.24) is 0 Å². The van der Waals surface area contributed by atoms with Gasteiger partial charge in [-0.15, -0.1) is 0 Å². The molecule has 0 fully saturated rings. The van der Waals surface area contributed by atoms with Crippen LogP contribution in [0.4, 0.5) is 13.2 Å². The number of alkyl halides is 3. The van der Waals surface area contributed by atoms with Gasteiger partial charge in [-0.1, -0.05) is 188 Å². The Hall–Kier alpha value is -5.21. The van der Waals surface area contributed by atoms with Crippen LogP contribution in [0, 0.1) is 49.4 Å². The molecule has 0 bridgehead atoms. The summed E-state index contributed by atoms with van der Waals surface area (Å²) in [6, 6.07) is 60.0. The van der Waals surface area contributed by atoms with Crippen LogP contribution in [-0.2, 0) is 9.13 Å². The van der Waals surface area contributed by atoms with Crippen LogP contribution < -0.4 is 37.5 Å². The summed E-state index contributed by atoms with van der Waals surface area (Å²) in [5.74, 6) is -3.46. The Kier molecular flexibility index (Phi) is 13.0. The third-order valence-corrected chi connectivity index (χ3v) is 16.5. The molecule has 0 saturated carbocycles. The van der Waals surface area contributed by atoms with Crippen molar-refractivity contribution in [1.29, 1.82) is 0 Å². The summed E-state index contributed by atoms with van der Waals surface area (Å²) in [6.45, 7) is 0. The Labute approximate surface area is 389 Å². The molecule has 0 amide bonds. The van der Waals surface area contributed by atoms with Gasteiger partial charge in [0.1, 0.15) is 11.3 Å². The van der Waals surface area contributed by atoms with Crippen LogP contribution in [0.5, 0.6) is 5.75 Å². The monoisotopic (exact) mass is 989 g/mol. The van der Waals surface area contributed by atoms with E-state index in [2.05, 4.69) is 0 Å². The van der Waals surface area contributed by atoms with Gasteiger partial charge < -0.3 is 18.7 Å². The van der Waals surface area contributed by atoms with E-state index in [1.165, 1.54) is 6.07 Å². The van der Waals surface area contributed by atoms with Gasteiger partial charge in [0.2, 0.25) is 0 Å². The summed E-state index contributed by atoms with van der Waals surface area (Å²) in [4.78, 5) is 23.0. The zero-order valence-electron chi connectivity index (χ0n) is 31.9. The van der Waals surface area contributed by atoms with E-state index in [0.717, 1.165) is 32.0 Å². The zero-order valence-corrected chi connectivity index (χ0v) is 36.1. The van der Waals surface area contributed by atoms with E-state index in [1.807, 2.05) is 158 Å². The SMILES string of the molecule is O=C(c1c(O)c2ccc3ccccc3c2oc1=O)C(F)(F)F.O=P(c1ccccc1)(c1ccccc1)c1cccc2cccc(P(=O)(c3ccccc3)c3ccccc3)c12.[Eu]. The number of rotatable bonds is 7. The quantitative estimate of drug-likeness (QED) is 0.0740. The van der Waals surface area contributed by atoms with Gasteiger partial charge >= 0.3 is 11.8 Å². The number of ketones is 1. The van der Waals surface area contributed by atoms with Crippen LogP contribution in [0.15, 0.2) is 203 Å². The smallest absolute Gasteiger partial charge is 0.455 e. The second kappa shape index (κ2) is 18.0. The van der Waals surface area contributed by atoms with Gasteiger partial charge in [-0.25, -0.2) is 4.79 Å². The molecule has 1 aromatic heterocycles. The molecule has 0 saturated heterocycles. The molecule has 1 radical (unpaired) electrons. The van der Waals surface area contributed by atoms with Gasteiger partial charge in [0.25, 0.3) is 5.78 Å². The van der Waals surface area contributed by atoms with Gasteiger partial charge in [-0.05, 0) is 16.8 Å². The molecule has 9 aromatic rings. The summed E-state index contributed by atoms with van der Waals surface area (Å²) in [7, 11) is -6.65. The standard InChI is InChI=1S/C34H26O2P2.C15H7F3O4.Eu/c35-37(28-17-5-1-6-18-28,29-19-7-2-8-20-29)32-25-13-15-27-16-14-26-33(34(27)32)38(36,30-21-9-3-10-22-30)31-23-11-4-12-24-31;16-15(17,18)13(20)10-11(19)9-6-5-7-3-1-2-4-8(7)12(9)22-14(10)21;/h1-26H;1-6,19H;. The maximum absolute atomic E-state index is 15.5. The van der Waals surface area contributed by atoms with Gasteiger partial charge in [-0.3, -0.25) is 4.79 Å². The molecule has 303 valence electrons. The molecule has 12 heteroatoms. The molecule has 0 aliphatic rings. The fourth-order valence-corrected chi connectivity index (χ4v) is 13.4. The van der Waals surface area contributed by atoms with Crippen LogP contribution in [0.3, 0.4) is 0 Å². The number of hydrogen-bond acceptors (Lipinski definition) is 6. The molecule has 0 aliphatic carbocycles. The van der Waals surface area contributed by atoms with E-state index in [1.54, 1.807) is 30.3 Å². The summed E-state index contributed by atoms with van der Waals surface area (Å²) < 4.78 is 73.4. The summed E-state index contributed by atoms with van der Waals surface area (Å²) in [6.07, 6.45) is -5.28. The number of carbonyl (C=O) groups is 1. The van der Waals surface area contributed by atoms with Crippen molar-refractivity contribution < 1.29 is 86.0 Å². The summed E-state index contributed by atoms with van der Waals surface area (Å²) >= 11 is 0. The maximum Gasteiger partial charge on any atom is 0.455 e. The van der Waals surface area contributed by atoms with E-state index < -0.39 is 43.2 Å². The zero-order chi connectivity index (χ0) is 42.1. The van der Waals surface area contributed by atoms with E-state index >= 15 is 9.13 Å². The van der Waals surface area contributed by atoms with Gasteiger partial charge in [0, 0.05) is 92.0 Å². The number of hydrogen-bond donors (Lipinski definition) is 1. The number of Topliss-reactive ketones (excluding diaryl/α,β-unsaturated/α-hetero) is 1. The van der Waals surface area contributed by atoms with Gasteiger partial charge in [0.05, 0.1) is 5.39 Å². The van der Waals surface area contributed by atoms with Crippen molar-refractivity contribution in [2.75, 3.05) is 0 Å².